The van der Waals surface area contributed by atoms with E-state index < -0.39 is 43.6 Å². The maximum atomic E-state index is 13.1. The molecular formula is C16H20I3N3O7. The first-order valence-electron chi connectivity index (χ1n) is 8.10. The van der Waals surface area contributed by atoms with E-state index >= 15 is 0 Å². The van der Waals surface area contributed by atoms with Crippen LogP contribution in [0.5, 0.6) is 0 Å². The van der Waals surface area contributed by atoms with Gasteiger partial charge < -0.3 is 36.0 Å². The molecule has 0 saturated heterocycles. The van der Waals surface area contributed by atoms with Gasteiger partial charge in [0, 0.05) is 23.7 Å². The predicted molar refractivity (Wildman–Crippen MR) is 130 cm³/mol. The highest BCUT2D eigenvalue weighted by Gasteiger charge is 2.32. The Morgan fingerprint density at radius 3 is 2.03 bits per heavy atom. The van der Waals surface area contributed by atoms with Crippen LogP contribution >= 0.6 is 67.8 Å². The lowest BCUT2D eigenvalue weighted by atomic mass is 10.1. The van der Waals surface area contributed by atoms with Gasteiger partial charge in [0.25, 0.3) is 17.7 Å². The van der Waals surface area contributed by atoms with Gasteiger partial charge >= 0.3 is 0 Å². The van der Waals surface area contributed by atoms with Crippen molar-refractivity contribution in [2.75, 3.05) is 44.9 Å². The first-order valence-corrected chi connectivity index (χ1v) is 11.3. The third-order valence-electron chi connectivity index (χ3n) is 3.83. The second-order valence-electron chi connectivity index (χ2n) is 5.85. The summed E-state index contributed by atoms with van der Waals surface area (Å²) in [6.45, 7) is -2.12. The summed E-state index contributed by atoms with van der Waals surface area (Å²) in [5, 5.41) is 37.3. The van der Waals surface area contributed by atoms with Gasteiger partial charge in [-0.2, -0.15) is 0 Å². The Morgan fingerprint density at radius 2 is 1.59 bits per heavy atom. The zero-order valence-corrected chi connectivity index (χ0v) is 21.7. The Balaban J connectivity index is 3.78. The number of anilines is 1. The lowest BCUT2D eigenvalue weighted by Crippen LogP contribution is -2.39. The number of rotatable bonds is 9. The van der Waals surface area contributed by atoms with E-state index in [9.17, 15) is 29.7 Å². The molecule has 0 aliphatic carbocycles. The van der Waals surface area contributed by atoms with Gasteiger partial charge in [0.05, 0.1) is 43.3 Å². The molecule has 6 N–H and O–H groups in total. The summed E-state index contributed by atoms with van der Waals surface area (Å²) in [6.07, 6.45) is -1.15. The van der Waals surface area contributed by atoms with E-state index in [0.717, 1.165) is 4.90 Å². The van der Waals surface area contributed by atoms with Crippen LogP contribution in [0.15, 0.2) is 0 Å². The fourth-order valence-corrected chi connectivity index (χ4v) is 7.23. The zero-order chi connectivity index (χ0) is 22.5. The van der Waals surface area contributed by atoms with Crippen LogP contribution in [0.3, 0.4) is 0 Å². The number of likely N-dealkylation sites (N-methyl/N-ethyl adjacent to an activating group) is 1. The van der Waals surface area contributed by atoms with Gasteiger partial charge in [-0.3, -0.25) is 14.4 Å². The molecule has 0 bridgehead atoms. The highest BCUT2D eigenvalue weighted by molar-refractivity contribution is 14.1. The highest BCUT2D eigenvalue weighted by atomic mass is 127. The predicted octanol–water partition coefficient (Wildman–Crippen LogP) is -0.658. The number of hydrogen-bond donors (Lipinski definition) is 5. The van der Waals surface area contributed by atoms with E-state index in [4.69, 9.17) is 10.8 Å². The van der Waals surface area contributed by atoms with Crippen molar-refractivity contribution in [2.45, 2.75) is 6.10 Å². The van der Waals surface area contributed by atoms with Crippen molar-refractivity contribution in [3.05, 3.63) is 21.8 Å². The number of primary amides is 1. The van der Waals surface area contributed by atoms with E-state index in [0.29, 0.717) is 7.14 Å². The Bertz CT molecular complexity index is 807. The van der Waals surface area contributed by atoms with Crippen molar-refractivity contribution >= 4 is 91.2 Å². The summed E-state index contributed by atoms with van der Waals surface area (Å²) in [7, 11) is 1.42. The highest BCUT2D eigenvalue weighted by Crippen LogP contribution is 2.38. The number of carbonyl (C=O) groups is 3. The molecule has 29 heavy (non-hydrogen) atoms. The lowest BCUT2D eigenvalue weighted by Gasteiger charge is -2.28. The van der Waals surface area contributed by atoms with Gasteiger partial charge in [-0.05, 0) is 67.8 Å². The van der Waals surface area contributed by atoms with E-state index in [1.54, 1.807) is 0 Å². The van der Waals surface area contributed by atoms with Gasteiger partial charge in [-0.15, -0.1) is 0 Å². The average molecular weight is 747 g/mol. The molecule has 10 nitrogen and oxygen atoms in total. The van der Waals surface area contributed by atoms with E-state index in [1.807, 2.05) is 67.8 Å². The molecule has 1 atom stereocenters. The molecule has 3 amide bonds. The molecule has 0 aromatic heterocycles. The standard InChI is InChI=1S/C16H20I3N3O7/c1-21(4-7(26)5-24)16(29)10-11(17)9(15(20)28)12(18)14(13(10)19)22(2-3-23)8(27)6-25/h7,23-26H,2-6H2,1H3,(H2,20,28). The first-order chi connectivity index (χ1) is 13.5. The Hall–Kier alpha value is -0.340. The largest absolute Gasteiger partial charge is 0.395 e. The van der Waals surface area contributed by atoms with Gasteiger partial charge in [-0.25, -0.2) is 0 Å². The molecule has 1 aromatic carbocycles. The van der Waals surface area contributed by atoms with Crippen molar-refractivity contribution in [3.63, 3.8) is 0 Å². The van der Waals surface area contributed by atoms with Crippen LogP contribution in [0.1, 0.15) is 20.7 Å². The number of carbonyl (C=O) groups excluding carboxylic acids is 3. The zero-order valence-electron chi connectivity index (χ0n) is 15.2. The minimum Gasteiger partial charge on any atom is -0.395 e. The minimum atomic E-state index is -1.15. The summed E-state index contributed by atoms with van der Waals surface area (Å²) in [5.41, 5.74) is 5.79. The second-order valence-corrected chi connectivity index (χ2v) is 9.09. The second kappa shape index (κ2) is 11.9. The molecule has 1 unspecified atom stereocenters. The maximum Gasteiger partial charge on any atom is 0.255 e. The van der Waals surface area contributed by atoms with Crippen LogP contribution in [0.4, 0.5) is 5.69 Å². The molecule has 0 aliphatic rings. The van der Waals surface area contributed by atoms with Gasteiger partial charge in [0.1, 0.15) is 6.61 Å². The Labute approximate surface area is 207 Å². The molecule has 13 heteroatoms. The smallest absolute Gasteiger partial charge is 0.255 e. The molecule has 0 heterocycles. The quantitative estimate of drug-likeness (QED) is 0.210. The maximum absolute atomic E-state index is 13.1. The van der Waals surface area contributed by atoms with Crippen molar-refractivity contribution in [3.8, 4) is 0 Å². The topological polar surface area (TPSA) is 165 Å². The normalized spacial score (nSPS) is 11.9. The molecule has 1 rings (SSSR count). The van der Waals surface area contributed by atoms with Crippen molar-refractivity contribution in [1.82, 2.24) is 4.90 Å². The van der Waals surface area contributed by atoms with E-state index in [2.05, 4.69) is 0 Å². The summed E-state index contributed by atoms with van der Waals surface area (Å²) >= 11 is 5.50. The fourth-order valence-electron chi connectivity index (χ4n) is 2.49. The Morgan fingerprint density at radius 1 is 1.03 bits per heavy atom. The number of halogens is 3. The molecule has 0 fully saturated rings. The molecular weight excluding hydrogens is 727 g/mol. The first kappa shape index (κ1) is 26.7. The van der Waals surface area contributed by atoms with Crippen LogP contribution in [0.2, 0.25) is 0 Å². The molecule has 0 aliphatic heterocycles. The molecule has 0 spiro atoms. The third kappa shape index (κ3) is 6.10. The average Bonchev–Trinajstić information content (AvgIpc) is 2.65. The van der Waals surface area contributed by atoms with Crippen LogP contribution in [0.25, 0.3) is 0 Å². The number of nitrogens with two attached hydrogens (primary N) is 1. The summed E-state index contributed by atoms with van der Waals surface area (Å²) in [4.78, 5) is 39.7. The van der Waals surface area contributed by atoms with Crippen molar-refractivity contribution < 1.29 is 34.8 Å². The van der Waals surface area contributed by atoms with Crippen LogP contribution in [0, 0.1) is 10.7 Å². The monoisotopic (exact) mass is 747 g/mol. The number of aliphatic hydroxyl groups is 4. The van der Waals surface area contributed by atoms with Crippen LogP contribution in [-0.4, -0.2) is 89.1 Å². The third-order valence-corrected chi connectivity index (χ3v) is 7.01. The minimum absolute atomic E-state index is 0.0229. The van der Waals surface area contributed by atoms with E-state index in [1.165, 1.54) is 11.9 Å². The van der Waals surface area contributed by atoms with Gasteiger partial charge in [0.15, 0.2) is 0 Å². The molecule has 162 valence electrons. The Kier molecular flexibility index (Phi) is 10.9. The van der Waals surface area contributed by atoms with Gasteiger partial charge in [0.2, 0.25) is 0 Å². The molecule has 0 saturated carbocycles. The van der Waals surface area contributed by atoms with Crippen molar-refractivity contribution in [2.24, 2.45) is 5.73 Å². The number of amides is 3. The van der Waals surface area contributed by atoms with E-state index in [-0.39, 0.29) is 33.5 Å². The number of aliphatic hydroxyl groups excluding tert-OH is 4. The lowest BCUT2D eigenvalue weighted by molar-refractivity contribution is -0.121. The van der Waals surface area contributed by atoms with Crippen molar-refractivity contribution in [1.29, 1.82) is 0 Å². The van der Waals surface area contributed by atoms with Crippen LogP contribution in [-0.2, 0) is 4.79 Å². The fraction of sp³-hybridized carbons (Fsp3) is 0.438. The number of benzene rings is 1. The number of hydrogen-bond acceptors (Lipinski definition) is 7. The summed E-state index contributed by atoms with van der Waals surface area (Å²) in [6, 6.07) is 0. The SMILES string of the molecule is CN(CC(O)CO)C(=O)c1c(I)c(C(N)=O)c(I)c(N(CCO)C(=O)CO)c1I. The van der Waals surface area contributed by atoms with Gasteiger partial charge in [-0.1, -0.05) is 0 Å². The summed E-state index contributed by atoms with van der Waals surface area (Å²) < 4.78 is 0.879. The van der Waals surface area contributed by atoms with Crippen LogP contribution < -0.4 is 10.6 Å². The molecule has 0 radical (unpaired) electrons. The molecule has 1 aromatic rings. The number of nitrogens with zero attached hydrogens (tertiary/aromatic N) is 2. The summed E-state index contributed by atoms with van der Waals surface area (Å²) in [5.74, 6) is -2.11.